The number of halogens is 1. The maximum absolute atomic E-state index is 13.3. The van der Waals surface area contributed by atoms with Crippen molar-refractivity contribution in [1.82, 2.24) is 9.80 Å². The zero-order valence-corrected chi connectivity index (χ0v) is 18.4. The molecule has 2 atom stereocenters. The van der Waals surface area contributed by atoms with E-state index < -0.39 is 17.7 Å². The number of hydrogen-bond donors (Lipinski definition) is 0. The summed E-state index contributed by atoms with van der Waals surface area (Å²) in [5, 5.41) is 0.390. The van der Waals surface area contributed by atoms with Gasteiger partial charge in [-0.25, -0.2) is 4.79 Å². The first-order valence-corrected chi connectivity index (χ1v) is 11.4. The fourth-order valence-corrected chi connectivity index (χ4v) is 5.16. The van der Waals surface area contributed by atoms with E-state index in [1.807, 2.05) is 49.9 Å². The Kier molecular flexibility index (Phi) is 6.81. The van der Waals surface area contributed by atoms with Crippen LogP contribution in [-0.4, -0.2) is 52.3 Å². The molecule has 1 aromatic carbocycles. The van der Waals surface area contributed by atoms with Gasteiger partial charge in [0.15, 0.2) is 0 Å². The number of amides is 2. The number of likely N-dealkylation sites (tertiary alicyclic amines) is 1. The van der Waals surface area contributed by atoms with Crippen molar-refractivity contribution in [3.8, 4) is 0 Å². The van der Waals surface area contributed by atoms with Crippen LogP contribution in [0.3, 0.4) is 0 Å². The Labute approximate surface area is 176 Å². The van der Waals surface area contributed by atoms with Crippen LogP contribution in [0.1, 0.15) is 57.4 Å². The van der Waals surface area contributed by atoms with Gasteiger partial charge in [0.25, 0.3) is 0 Å². The van der Waals surface area contributed by atoms with Crippen molar-refractivity contribution >= 4 is 35.4 Å². The van der Waals surface area contributed by atoms with Gasteiger partial charge in [0, 0.05) is 23.9 Å². The van der Waals surface area contributed by atoms with Crippen LogP contribution in [0.25, 0.3) is 0 Å². The van der Waals surface area contributed by atoms with Gasteiger partial charge in [-0.1, -0.05) is 36.6 Å². The molecule has 2 saturated heterocycles. The molecule has 2 amide bonds. The molecule has 5 nitrogen and oxygen atoms in total. The smallest absolute Gasteiger partial charge is 0.412 e. The van der Waals surface area contributed by atoms with Crippen LogP contribution in [0.2, 0.25) is 5.02 Å². The number of benzene rings is 1. The molecule has 0 N–H and O–H groups in total. The zero-order chi connectivity index (χ0) is 20.3. The van der Waals surface area contributed by atoms with Crippen LogP contribution >= 0.6 is 23.4 Å². The molecule has 2 unspecified atom stereocenters. The lowest BCUT2D eigenvalue weighted by atomic mass is 10.1. The molecule has 2 aliphatic heterocycles. The van der Waals surface area contributed by atoms with Gasteiger partial charge < -0.3 is 9.64 Å². The Balaban J connectivity index is 1.86. The molecule has 0 bridgehead atoms. The molecule has 7 heteroatoms. The summed E-state index contributed by atoms with van der Waals surface area (Å²) in [6, 6.07) is 6.95. The quantitative estimate of drug-likeness (QED) is 0.663. The Hall–Kier alpha value is -1.40. The predicted molar refractivity (Wildman–Crippen MR) is 114 cm³/mol. The summed E-state index contributed by atoms with van der Waals surface area (Å²) in [6.07, 6.45) is 3.93. The van der Waals surface area contributed by atoms with Crippen molar-refractivity contribution in [1.29, 1.82) is 0 Å². The molecule has 2 fully saturated rings. The molecule has 28 heavy (non-hydrogen) atoms. The summed E-state index contributed by atoms with van der Waals surface area (Å²) in [6.45, 7) is 7.08. The number of rotatable bonds is 2. The molecule has 2 aliphatic rings. The monoisotopic (exact) mass is 424 g/mol. The van der Waals surface area contributed by atoms with Gasteiger partial charge in [-0.2, -0.15) is 0 Å². The molecular formula is C21H29ClN2O3S. The van der Waals surface area contributed by atoms with E-state index in [-0.39, 0.29) is 11.3 Å². The predicted octanol–water partition coefficient (Wildman–Crippen LogP) is 5.09. The number of carbonyl (C=O) groups excluding carboxylic acids is 2. The third-order valence-corrected chi connectivity index (χ3v) is 6.54. The van der Waals surface area contributed by atoms with Gasteiger partial charge >= 0.3 is 6.09 Å². The van der Waals surface area contributed by atoms with E-state index in [2.05, 4.69) is 0 Å². The summed E-state index contributed by atoms with van der Waals surface area (Å²) < 4.78 is 5.67. The van der Waals surface area contributed by atoms with Crippen molar-refractivity contribution in [3.05, 3.63) is 34.9 Å². The summed E-state index contributed by atoms with van der Waals surface area (Å²) in [5.41, 5.74) is 0.330. The highest BCUT2D eigenvalue weighted by Crippen LogP contribution is 2.43. The number of carbonyl (C=O) groups is 2. The van der Waals surface area contributed by atoms with E-state index in [4.69, 9.17) is 16.3 Å². The molecule has 0 aromatic heterocycles. The molecule has 0 aliphatic carbocycles. The van der Waals surface area contributed by atoms with Crippen LogP contribution < -0.4 is 0 Å². The molecule has 0 saturated carbocycles. The summed E-state index contributed by atoms with van der Waals surface area (Å²) >= 11 is 7.63. The summed E-state index contributed by atoms with van der Waals surface area (Å²) in [5.74, 6) is 0.610. The number of hydrogen-bond acceptors (Lipinski definition) is 4. The molecule has 1 aromatic rings. The molecule has 0 radical (unpaired) electrons. The Morgan fingerprint density at radius 1 is 1.07 bits per heavy atom. The highest BCUT2D eigenvalue weighted by atomic mass is 35.5. The highest BCUT2D eigenvalue weighted by Gasteiger charge is 2.45. The average Bonchev–Trinajstić information content (AvgIpc) is 2.88. The largest absolute Gasteiger partial charge is 0.444 e. The van der Waals surface area contributed by atoms with Crippen molar-refractivity contribution < 1.29 is 14.3 Å². The van der Waals surface area contributed by atoms with E-state index in [1.165, 1.54) is 0 Å². The van der Waals surface area contributed by atoms with E-state index >= 15 is 0 Å². The minimum Gasteiger partial charge on any atom is -0.444 e. The Bertz CT molecular complexity index is 697. The minimum absolute atomic E-state index is 0.0386. The average molecular weight is 425 g/mol. The van der Waals surface area contributed by atoms with Crippen LogP contribution in [0.4, 0.5) is 4.79 Å². The maximum Gasteiger partial charge on any atom is 0.412 e. The van der Waals surface area contributed by atoms with Gasteiger partial charge in [0.1, 0.15) is 17.0 Å². The van der Waals surface area contributed by atoms with Crippen molar-refractivity contribution in [2.45, 2.75) is 63.5 Å². The van der Waals surface area contributed by atoms with Gasteiger partial charge in [0.05, 0.1) is 0 Å². The second kappa shape index (κ2) is 8.95. The Morgan fingerprint density at radius 2 is 1.68 bits per heavy atom. The van der Waals surface area contributed by atoms with E-state index in [1.54, 1.807) is 16.7 Å². The second-order valence-corrected chi connectivity index (χ2v) is 9.93. The van der Waals surface area contributed by atoms with E-state index in [0.29, 0.717) is 10.8 Å². The maximum atomic E-state index is 13.3. The first kappa shape index (κ1) is 21.3. The van der Waals surface area contributed by atoms with Gasteiger partial charge in [-0.05, 0) is 51.3 Å². The number of thioether (sulfide) groups is 1. The fraction of sp³-hybridized carbons (Fsp3) is 0.619. The summed E-state index contributed by atoms with van der Waals surface area (Å²) in [4.78, 5) is 29.9. The van der Waals surface area contributed by atoms with Crippen molar-refractivity contribution in [3.63, 3.8) is 0 Å². The lowest BCUT2D eigenvalue weighted by Crippen LogP contribution is -2.50. The fourth-order valence-electron chi connectivity index (χ4n) is 3.62. The number of ether oxygens (including phenoxy) is 1. The van der Waals surface area contributed by atoms with E-state index in [9.17, 15) is 9.59 Å². The molecule has 2 heterocycles. The van der Waals surface area contributed by atoms with Gasteiger partial charge in [-0.15, -0.1) is 11.8 Å². The van der Waals surface area contributed by atoms with E-state index in [0.717, 1.165) is 44.3 Å². The van der Waals surface area contributed by atoms with Crippen molar-refractivity contribution in [2.24, 2.45) is 0 Å². The van der Waals surface area contributed by atoms with Gasteiger partial charge in [-0.3, -0.25) is 9.69 Å². The lowest BCUT2D eigenvalue weighted by Gasteiger charge is -2.33. The molecule has 154 valence electrons. The minimum atomic E-state index is -0.620. The third-order valence-electron chi connectivity index (χ3n) is 4.96. The second-order valence-electron chi connectivity index (χ2n) is 8.38. The summed E-state index contributed by atoms with van der Waals surface area (Å²) in [7, 11) is 0. The standard InChI is InChI=1S/C21H29ClN2O3S/c1-21(2,3)27-20(26)24-17(18(25)23-12-6-4-5-7-13-23)14-28-19(24)15-8-10-16(22)11-9-15/h8-11,17,19H,4-7,12-14H2,1-3H3. The van der Waals surface area contributed by atoms with Crippen LogP contribution in [0.5, 0.6) is 0 Å². The highest BCUT2D eigenvalue weighted by molar-refractivity contribution is 7.99. The molecule has 0 spiro atoms. The number of nitrogens with zero attached hydrogens (tertiary/aromatic N) is 2. The lowest BCUT2D eigenvalue weighted by molar-refractivity contribution is -0.136. The van der Waals surface area contributed by atoms with Crippen LogP contribution in [-0.2, 0) is 9.53 Å². The first-order chi connectivity index (χ1) is 13.3. The van der Waals surface area contributed by atoms with Crippen LogP contribution in [0, 0.1) is 0 Å². The van der Waals surface area contributed by atoms with Crippen LogP contribution in [0.15, 0.2) is 24.3 Å². The third kappa shape index (κ3) is 5.15. The van der Waals surface area contributed by atoms with Crippen molar-refractivity contribution in [2.75, 3.05) is 18.8 Å². The first-order valence-electron chi connectivity index (χ1n) is 9.93. The SMILES string of the molecule is CC(C)(C)OC(=O)N1C(C(=O)N2CCCCCC2)CSC1c1ccc(Cl)cc1. The Morgan fingerprint density at radius 3 is 2.25 bits per heavy atom. The molecule has 3 rings (SSSR count). The van der Waals surface area contributed by atoms with Gasteiger partial charge in [0.2, 0.25) is 5.91 Å². The normalized spacial score (nSPS) is 23.4. The molecular weight excluding hydrogens is 396 g/mol. The topological polar surface area (TPSA) is 49.9 Å². The zero-order valence-electron chi connectivity index (χ0n) is 16.8.